The molecule has 0 unspecified atom stereocenters. The molecule has 1 amide bonds. The van der Waals surface area contributed by atoms with Crippen molar-refractivity contribution in [1.29, 1.82) is 0 Å². The summed E-state index contributed by atoms with van der Waals surface area (Å²) in [4.78, 5) is 15.1. The van der Waals surface area contributed by atoms with Gasteiger partial charge >= 0.3 is 0 Å². The number of likely N-dealkylation sites (N-methyl/N-ethyl adjacent to an activating group) is 1. The molecule has 0 aromatic heterocycles. The van der Waals surface area contributed by atoms with E-state index in [0.29, 0.717) is 53.1 Å². The van der Waals surface area contributed by atoms with E-state index in [1.807, 2.05) is 55.4 Å². The van der Waals surface area contributed by atoms with E-state index in [4.69, 9.17) is 16.3 Å². The van der Waals surface area contributed by atoms with E-state index in [2.05, 4.69) is 10.6 Å². The van der Waals surface area contributed by atoms with E-state index < -0.39 is 10.0 Å². The number of nitrogens with zero attached hydrogens (tertiary/aromatic N) is 2. The van der Waals surface area contributed by atoms with Crippen molar-refractivity contribution < 1.29 is 17.9 Å². The highest BCUT2D eigenvalue weighted by atomic mass is 35.5. The lowest BCUT2D eigenvalue weighted by atomic mass is 9.98. The van der Waals surface area contributed by atoms with Crippen LogP contribution < -0.4 is 19.7 Å². The van der Waals surface area contributed by atoms with Crippen molar-refractivity contribution in [3.05, 3.63) is 82.4 Å². The van der Waals surface area contributed by atoms with Crippen LogP contribution in [0.1, 0.15) is 16.7 Å². The minimum Gasteiger partial charge on any atom is -0.493 e. The molecular formula is C28H29ClN4O4S. The summed E-state index contributed by atoms with van der Waals surface area (Å²) in [6, 6.07) is 18.4. The van der Waals surface area contributed by atoms with Crippen LogP contribution in [0.3, 0.4) is 0 Å². The Labute approximate surface area is 227 Å². The van der Waals surface area contributed by atoms with Crippen LogP contribution in [0.25, 0.3) is 11.3 Å². The zero-order valence-electron chi connectivity index (χ0n) is 21.4. The number of hydrogen-bond acceptors (Lipinski definition) is 6. The number of amides is 1. The molecule has 198 valence electrons. The van der Waals surface area contributed by atoms with Gasteiger partial charge in [0.05, 0.1) is 35.5 Å². The van der Waals surface area contributed by atoms with Gasteiger partial charge in [0.15, 0.2) is 0 Å². The molecule has 3 aromatic rings. The maximum Gasteiger partial charge on any atom is 0.258 e. The highest BCUT2D eigenvalue weighted by Gasteiger charge is 2.29. The second-order valence-corrected chi connectivity index (χ2v) is 12.0. The van der Waals surface area contributed by atoms with E-state index in [0.717, 1.165) is 28.9 Å². The van der Waals surface area contributed by atoms with Gasteiger partial charge in [0.1, 0.15) is 5.75 Å². The zero-order chi connectivity index (χ0) is 27.0. The van der Waals surface area contributed by atoms with Crippen LogP contribution in [-0.4, -0.2) is 59.3 Å². The zero-order valence-corrected chi connectivity index (χ0v) is 23.0. The van der Waals surface area contributed by atoms with Crippen molar-refractivity contribution in [2.24, 2.45) is 0 Å². The number of hydrogen-bond donors (Lipinski definition) is 2. The van der Waals surface area contributed by atoms with Gasteiger partial charge in [-0.25, -0.2) is 8.42 Å². The van der Waals surface area contributed by atoms with Crippen LogP contribution >= 0.6 is 11.6 Å². The first kappa shape index (κ1) is 26.1. The molecule has 0 radical (unpaired) electrons. The topological polar surface area (TPSA) is 91.0 Å². The molecule has 0 spiro atoms. The Bertz CT molecular complexity index is 1530. The average molecular weight is 553 g/mol. The van der Waals surface area contributed by atoms with Crippen LogP contribution in [-0.2, 0) is 21.2 Å². The predicted molar refractivity (Wildman–Crippen MR) is 153 cm³/mol. The number of ether oxygens (including phenoxy) is 1. The largest absolute Gasteiger partial charge is 0.493 e. The van der Waals surface area contributed by atoms with Crippen LogP contribution in [0.2, 0.25) is 5.02 Å². The maximum absolute atomic E-state index is 13.2. The first-order chi connectivity index (χ1) is 18.1. The summed E-state index contributed by atoms with van der Waals surface area (Å²) >= 11 is 6.17. The highest BCUT2D eigenvalue weighted by Crippen LogP contribution is 2.40. The number of nitrogens with one attached hydrogen (secondary N) is 2. The van der Waals surface area contributed by atoms with Crippen molar-refractivity contribution in [2.45, 2.75) is 6.42 Å². The van der Waals surface area contributed by atoms with Gasteiger partial charge in [-0.05, 0) is 62.1 Å². The highest BCUT2D eigenvalue weighted by molar-refractivity contribution is 7.92. The number of sulfonamides is 1. The predicted octanol–water partition coefficient (Wildman–Crippen LogP) is 4.54. The fourth-order valence-corrected chi connectivity index (χ4v) is 5.72. The van der Waals surface area contributed by atoms with E-state index >= 15 is 0 Å². The van der Waals surface area contributed by atoms with Gasteiger partial charge in [0.25, 0.3) is 5.91 Å². The van der Waals surface area contributed by atoms with Gasteiger partial charge in [-0.15, -0.1) is 0 Å². The van der Waals surface area contributed by atoms with Gasteiger partial charge in [-0.3, -0.25) is 9.10 Å². The third-order valence-corrected chi connectivity index (χ3v) is 7.97. The Morgan fingerprint density at radius 3 is 2.53 bits per heavy atom. The molecular weight excluding hydrogens is 524 g/mol. The van der Waals surface area contributed by atoms with Crippen molar-refractivity contribution >= 4 is 55.9 Å². The summed E-state index contributed by atoms with van der Waals surface area (Å²) in [5.41, 5.74) is 5.69. The molecule has 8 nitrogen and oxygen atoms in total. The second-order valence-electron chi connectivity index (χ2n) is 9.63. The number of rotatable bonds is 8. The van der Waals surface area contributed by atoms with E-state index in [-0.39, 0.29) is 5.91 Å². The summed E-state index contributed by atoms with van der Waals surface area (Å²) in [7, 11) is 0.345. The van der Waals surface area contributed by atoms with E-state index in [9.17, 15) is 13.2 Å². The van der Waals surface area contributed by atoms with Gasteiger partial charge in [0.2, 0.25) is 10.0 Å². The first-order valence-corrected chi connectivity index (χ1v) is 14.4. The molecule has 0 saturated carbocycles. The Balaban J connectivity index is 1.55. The number of carbonyl (C=O) groups excluding carboxylic acids is 1. The summed E-state index contributed by atoms with van der Waals surface area (Å²) in [6.45, 7) is 1.55. The lowest BCUT2D eigenvalue weighted by Crippen LogP contribution is -2.35. The molecule has 2 heterocycles. The summed E-state index contributed by atoms with van der Waals surface area (Å²) in [6.07, 6.45) is 2.05. The standard InChI is InChI=1S/C28H29ClN4O4S/c1-32(2)13-14-33(38(3,35)36)22-9-7-21(8-10-22)30-27(19-5-4-18-12-15-37-25(18)16-19)26-23-11-6-20(29)17-24(23)31-28(26)34/h4-11,16-17,30H,12-15H2,1-3H3,(H,31,34). The molecule has 5 rings (SSSR count). The fraction of sp³-hybridized carbons (Fsp3) is 0.250. The number of benzene rings is 3. The van der Waals surface area contributed by atoms with Gasteiger partial charge in [0, 0.05) is 41.3 Å². The number of halogens is 1. The second kappa shape index (κ2) is 10.3. The van der Waals surface area contributed by atoms with Crippen LogP contribution in [0.4, 0.5) is 17.1 Å². The maximum atomic E-state index is 13.2. The quantitative estimate of drug-likeness (QED) is 0.399. The molecule has 2 aliphatic heterocycles. The third-order valence-electron chi connectivity index (χ3n) is 6.54. The van der Waals surface area contributed by atoms with Gasteiger partial charge in [-0.1, -0.05) is 29.8 Å². The summed E-state index contributed by atoms with van der Waals surface area (Å²) in [5.74, 6) is 0.562. The van der Waals surface area contributed by atoms with Gasteiger partial charge < -0.3 is 20.3 Å². The Kier molecular flexibility index (Phi) is 7.09. The van der Waals surface area contributed by atoms with Crippen molar-refractivity contribution in [3.63, 3.8) is 0 Å². The molecule has 0 aliphatic carbocycles. The Morgan fingerprint density at radius 2 is 1.82 bits per heavy atom. The lowest BCUT2D eigenvalue weighted by molar-refractivity contribution is -0.110. The molecule has 38 heavy (non-hydrogen) atoms. The van der Waals surface area contributed by atoms with Crippen LogP contribution in [0.5, 0.6) is 5.75 Å². The normalized spacial score (nSPS) is 15.6. The molecule has 10 heteroatoms. The van der Waals surface area contributed by atoms with Crippen molar-refractivity contribution in [3.8, 4) is 5.75 Å². The lowest BCUT2D eigenvalue weighted by Gasteiger charge is -2.24. The summed E-state index contributed by atoms with van der Waals surface area (Å²) < 4.78 is 32.1. The number of carbonyl (C=O) groups is 1. The molecule has 2 N–H and O–H groups in total. The first-order valence-electron chi connectivity index (χ1n) is 12.2. The van der Waals surface area contributed by atoms with Crippen LogP contribution in [0.15, 0.2) is 60.7 Å². The minimum absolute atomic E-state index is 0.241. The van der Waals surface area contributed by atoms with Crippen LogP contribution in [0, 0.1) is 0 Å². The summed E-state index contributed by atoms with van der Waals surface area (Å²) in [5, 5.41) is 6.87. The molecule has 2 aliphatic rings. The van der Waals surface area contributed by atoms with E-state index in [1.165, 1.54) is 10.6 Å². The molecule has 0 fully saturated rings. The van der Waals surface area contributed by atoms with Crippen molar-refractivity contribution in [1.82, 2.24) is 4.90 Å². The molecule has 0 saturated heterocycles. The number of fused-ring (bicyclic) bond motifs is 2. The number of anilines is 3. The van der Waals surface area contributed by atoms with Crippen molar-refractivity contribution in [2.75, 3.05) is 55.0 Å². The average Bonchev–Trinajstić information content (AvgIpc) is 3.45. The third kappa shape index (κ3) is 5.36. The fourth-order valence-electron chi connectivity index (χ4n) is 4.63. The van der Waals surface area contributed by atoms with E-state index in [1.54, 1.807) is 24.3 Å². The monoisotopic (exact) mass is 552 g/mol. The molecule has 3 aromatic carbocycles. The Hall–Kier alpha value is -3.53. The SMILES string of the molecule is CN(C)CCN(c1ccc(NC(=C2C(=O)Nc3cc(Cl)ccc32)c2ccc3c(c2)OCC3)cc1)S(C)(=O)=O. The molecule has 0 bridgehead atoms. The minimum atomic E-state index is -3.46. The van der Waals surface area contributed by atoms with Gasteiger partial charge in [-0.2, -0.15) is 0 Å². The Morgan fingerprint density at radius 1 is 1.05 bits per heavy atom. The smallest absolute Gasteiger partial charge is 0.258 e. The molecule has 0 atom stereocenters.